The van der Waals surface area contributed by atoms with Gasteiger partial charge in [-0.25, -0.2) is 5.43 Å². The van der Waals surface area contributed by atoms with E-state index in [9.17, 15) is 4.79 Å². The van der Waals surface area contributed by atoms with Gasteiger partial charge in [0, 0.05) is 21.8 Å². The van der Waals surface area contributed by atoms with Crippen molar-refractivity contribution in [1.29, 1.82) is 0 Å². The standard InChI is InChI=1S/C26H24ClN5O3S/c1-17-4-10-21(11-5-17)32-25(18-6-8-20(27)9-7-18)30-31-26(32)36-16-24(33)29-28-15-19-14-22(34-2)12-13-23(19)35-3/h4-15H,16H2,1-3H3,(H,29,33). The Balaban J connectivity index is 1.50. The Morgan fingerprint density at radius 3 is 2.50 bits per heavy atom. The van der Waals surface area contributed by atoms with E-state index in [0.717, 1.165) is 16.8 Å². The van der Waals surface area contributed by atoms with Crippen LogP contribution < -0.4 is 14.9 Å². The van der Waals surface area contributed by atoms with Crippen molar-refractivity contribution < 1.29 is 14.3 Å². The number of nitrogens with zero attached hydrogens (tertiary/aromatic N) is 4. The number of ether oxygens (including phenoxy) is 2. The molecule has 0 spiro atoms. The Morgan fingerprint density at radius 1 is 1.06 bits per heavy atom. The molecule has 0 aliphatic carbocycles. The summed E-state index contributed by atoms with van der Waals surface area (Å²) in [4.78, 5) is 12.5. The van der Waals surface area contributed by atoms with Gasteiger partial charge in [-0.05, 0) is 61.5 Å². The first kappa shape index (κ1) is 25.3. The third-order valence-corrected chi connectivity index (χ3v) is 6.37. The Kier molecular flexibility index (Phi) is 8.24. The summed E-state index contributed by atoms with van der Waals surface area (Å²) >= 11 is 7.33. The van der Waals surface area contributed by atoms with Crippen LogP contribution in [-0.2, 0) is 4.79 Å². The van der Waals surface area contributed by atoms with E-state index in [1.165, 1.54) is 18.0 Å². The summed E-state index contributed by atoms with van der Waals surface area (Å²) in [5.41, 5.74) is 6.11. The highest BCUT2D eigenvalue weighted by molar-refractivity contribution is 7.99. The number of halogens is 1. The second kappa shape index (κ2) is 11.7. The van der Waals surface area contributed by atoms with E-state index >= 15 is 0 Å². The predicted octanol–water partition coefficient (Wildman–Crippen LogP) is 5.16. The van der Waals surface area contributed by atoms with Gasteiger partial charge in [-0.15, -0.1) is 10.2 Å². The summed E-state index contributed by atoms with van der Waals surface area (Å²) in [6.45, 7) is 2.03. The number of methoxy groups -OCH3 is 2. The van der Waals surface area contributed by atoms with Crippen LogP contribution in [0.3, 0.4) is 0 Å². The molecule has 0 fully saturated rings. The fourth-order valence-electron chi connectivity index (χ4n) is 3.35. The summed E-state index contributed by atoms with van der Waals surface area (Å²) in [6, 6.07) is 20.7. The number of nitrogens with one attached hydrogen (secondary N) is 1. The maximum absolute atomic E-state index is 12.5. The van der Waals surface area contributed by atoms with Crippen LogP contribution >= 0.6 is 23.4 Å². The number of hydrogen-bond donors (Lipinski definition) is 1. The molecule has 8 nitrogen and oxygen atoms in total. The number of hydrazone groups is 1. The van der Waals surface area contributed by atoms with Crippen LogP contribution in [0.5, 0.6) is 11.5 Å². The average Bonchev–Trinajstić information content (AvgIpc) is 3.32. The van der Waals surface area contributed by atoms with Crippen LogP contribution in [0.2, 0.25) is 5.02 Å². The Labute approximate surface area is 218 Å². The van der Waals surface area contributed by atoms with E-state index in [-0.39, 0.29) is 11.7 Å². The van der Waals surface area contributed by atoms with Crippen molar-refractivity contribution in [1.82, 2.24) is 20.2 Å². The van der Waals surface area contributed by atoms with Crippen molar-refractivity contribution in [3.8, 4) is 28.6 Å². The fourth-order valence-corrected chi connectivity index (χ4v) is 4.22. The summed E-state index contributed by atoms with van der Waals surface area (Å²) in [6.07, 6.45) is 1.51. The number of carbonyl (C=O) groups excluding carboxylic acids is 1. The fraction of sp³-hybridized carbons (Fsp3) is 0.154. The second-order valence-corrected chi connectivity index (χ2v) is 9.05. The topological polar surface area (TPSA) is 90.6 Å². The normalized spacial score (nSPS) is 11.0. The van der Waals surface area contributed by atoms with Gasteiger partial charge in [-0.3, -0.25) is 9.36 Å². The molecule has 4 rings (SSSR count). The minimum absolute atomic E-state index is 0.0944. The molecule has 1 N–H and O–H groups in total. The van der Waals surface area contributed by atoms with Crippen LogP contribution in [0.25, 0.3) is 17.1 Å². The lowest BCUT2D eigenvalue weighted by molar-refractivity contribution is -0.118. The van der Waals surface area contributed by atoms with Gasteiger partial charge in [0.1, 0.15) is 11.5 Å². The van der Waals surface area contributed by atoms with Crippen molar-refractivity contribution in [2.45, 2.75) is 12.1 Å². The smallest absolute Gasteiger partial charge is 0.250 e. The van der Waals surface area contributed by atoms with Crippen molar-refractivity contribution in [3.63, 3.8) is 0 Å². The van der Waals surface area contributed by atoms with E-state index in [0.29, 0.717) is 33.1 Å². The third-order valence-electron chi connectivity index (χ3n) is 5.19. The molecule has 0 aliphatic rings. The zero-order chi connectivity index (χ0) is 25.5. The van der Waals surface area contributed by atoms with E-state index in [4.69, 9.17) is 21.1 Å². The average molecular weight is 522 g/mol. The molecular weight excluding hydrogens is 498 g/mol. The number of benzene rings is 3. The lowest BCUT2D eigenvalue weighted by Gasteiger charge is -2.11. The van der Waals surface area contributed by atoms with Gasteiger partial charge in [0.15, 0.2) is 11.0 Å². The van der Waals surface area contributed by atoms with Crippen molar-refractivity contribution in [3.05, 3.63) is 82.9 Å². The second-order valence-electron chi connectivity index (χ2n) is 7.67. The summed E-state index contributed by atoms with van der Waals surface area (Å²) in [5, 5.41) is 14.0. The molecule has 0 atom stereocenters. The van der Waals surface area contributed by atoms with E-state index in [1.807, 2.05) is 47.9 Å². The van der Waals surface area contributed by atoms with Gasteiger partial charge < -0.3 is 9.47 Å². The lowest BCUT2D eigenvalue weighted by Crippen LogP contribution is -2.20. The molecule has 0 saturated carbocycles. The minimum Gasteiger partial charge on any atom is -0.497 e. The zero-order valence-electron chi connectivity index (χ0n) is 19.9. The van der Waals surface area contributed by atoms with Crippen LogP contribution in [0, 0.1) is 6.92 Å². The molecule has 0 saturated heterocycles. The first-order valence-corrected chi connectivity index (χ1v) is 12.3. The van der Waals surface area contributed by atoms with Crippen molar-refractivity contribution >= 4 is 35.5 Å². The number of rotatable bonds is 9. The molecule has 10 heteroatoms. The molecular formula is C26H24ClN5O3S. The number of thioether (sulfide) groups is 1. The first-order chi connectivity index (χ1) is 17.5. The number of amides is 1. The Hall–Kier alpha value is -3.82. The molecule has 0 bridgehead atoms. The number of aryl methyl sites for hydroxylation is 1. The molecule has 1 heterocycles. The third kappa shape index (κ3) is 6.05. The zero-order valence-corrected chi connectivity index (χ0v) is 21.5. The van der Waals surface area contributed by atoms with Gasteiger partial charge >= 0.3 is 0 Å². The van der Waals surface area contributed by atoms with Crippen LogP contribution in [0.1, 0.15) is 11.1 Å². The van der Waals surface area contributed by atoms with Gasteiger partial charge in [-0.2, -0.15) is 5.10 Å². The predicted molar refractivity (Wildman–Crippen MR) is 143 cm³/mol. The van der Waals surface area contributed by atoms with E-state index < -0.39 is 0 Å². The van der Waals surface area contributed by atoms with E-state index in [1.54, 1.807) is 44.6 Å². The first-order valence-electron chi connectivity index (χ1n) is 10.9. The van der Waals surface area contributed by atoms with Gasteiger partial charge in [0.25, 0.3) is 5.91 Å². The maximum atomic E-state index is 12.5. The molecule has 4 aromatic rings. The van der Waals surface area contributed by atoms with E-state index in [2.05, 4.69) is 20.7 Å². The van der Waals surface area contributed by atoms with Gasteiger partial charge in [-0.1, -0.05) is 41.1 Å². The highest BCUT2D eigenvalue weighted by atomic mass is 35.5. The maximum Gasteiger partial charge on any atom is 0.250 e. The Bertz CT molecular complexity index is 1370. The molecule has 0 aliphatic heterocycles. The highest BCUT2D eigenvalue weighted by Crippen LogP contribution is 2.29. The monoisotopic (exact) mass is 521 g/mol. The number of hydrogen-bond acceptors (Lipinski definition) is 7. The molecule has 1 aromatic heterocycles. The van der Waals surface area contributed by atoms with Gasteiger partial charge in [0.2, 0.25) is 0 Å². The molecule has 1 amide bonds. The molecule has 0 radical (unpaired) electrons. The van der Waals surface area contributed by atoms with Crippen LogP contribution in [0.15, 0.2) is 77.0 Å². The molecule has 184 valence electrons. The van der Waals surface area contributed by atoms with Crippen LogP contribution in [0.4, 0.5) is 0 Å². The summed E-state index contributed by atoms with van der Waals surface area (Å²) in [5.74, 6) is 1.73. The lowest BCUT2D eigenvalue weighted by atomic mass is 10.2. The Morgan fingerprint density at radius 2 is 1.81 bits per heavy atom. The van der Waals surface area contributed by atoms with Gasteiger partial charge in [0.05, 0.1) is 26.2 Å². The largest absolute Gasteiger partial charge is 0.497 e. The number of carbonyl (C=O) groups is 1. The molecule has 0 unspecified atom stereocenters. The highest BCUT2D eigenvalue weighted by Gasteiger charge is 2.17. The quantitative estimate of drug-likeness (QED) is 0.186. The minimum atomic E-state index is -0.287. The number of aromatic nitrogens is 3. The SMILES string of the molecule is COc1ccc(OC)c(C=NNC(=O)CSc2nnc(-c3ccc(Cl)cc3)n2-c2ccc(C)cc2)c1. The summed E-state index contributed by atoms with van der Waals surface area (Å²) in [7, 11) is 3.15. The molecule has 3 aromatic carbocycles. The summed E-state index contributed by atoms with van der Waals surface area (Å²) < 4.78 is 12.5. The molecule has 36 heavy (non-hydrogen) atoms. The van der Waals surface area contributed by atoms with Crippen molar-refractivity contribution in [2.24, 2.45) is 5.10 Å². The van der Waals surface area contributed by atoms with Crippen LogP contribution in [-0.4, -0.2) is 46.9 Å². The van der Waals surface area contributed by atoms with Crippen molar-refractivity contribution in [2.75, 3.05) is 20.0 Å².